The van der Waals surface area contributed by atoms with E-state index < -0.39 is 41.4 Å². The standard InChI is InChI=1S/C24H26N2O5/c1-15(20(27)25-24(2,3)4)31-23(30)19(14-16-10-6-5-7-11-16)26-21(28)17-12-8-9-13-18(17)22(26)29/h5-13,15,19H,14H2,1-4H3,(H,25,27)/t15-,19-/m0/s1. The number of nitrogens with one attached hydrogen (secondary N) is 1. The number of hydrogen-bond donors (Lipinski definition) is 1. The van der Waals surface area contributed by atoms with E-state index in [0.717, 1.165) is 10.5 Å². The zero-order chi connectivity index (χ0) is 22.8. The molecule has 0 unspecified atom stereocenters. The molecule has 2 aromatic carbocycles. The molecular weight excluding hydrogens is 396 g/mol. The van der Waals surface area contributed by atoms with Crippen molar-refractivity contribution in [3.8, 4) is 0 Å². The Kier molecular flexibility index (Phi) is 6.24. The van der Waals surface area contributed by atoms with E-state index in [1.807, 2.05) is 26.8 Å². The van der Waals surface area contributed by atoms with Gasteiger partial charge < -0.3 is 10.1 Å². The fourth-order valence-electron chi connectivity index (χ4n) is 3.39. The van der Waals surface area contributed by atoms with E-state index in [9.17, 15) is 19.2 Å². The number of benzene rings is 2. The molecule has 0 aliphatic carbocycles. The summed E-state index contributed by atoms with van der Waals surface area (Å²) in [6, 6.07) is 14.3. The molecular formula is C24H26N2O5. The number of carbonyl (C=O) groups excluding carboxylic acids is 4. The maximum absolute atomic E-state index is 13.1. The van der Waals surface area contributed by atoms with Gasteiger partial charge in [0.15, 0.2) is 6.10 Å². The van der Waals surface area contributed by atoms with Gasteiger partial charge in [-0.1, -0.05) is 42.5 Å². The molecule has 7 nitrogen and oxygen atoms in total. The van der Waals surface area contributed by atoms with E-state index in [1.165, 1.54) is 6.92 Å². The first kappa shape index (κ1) is 22.2. The van der Waals surface area contributed by atoms with Crippen molar-refractivity contribution in [2.24, 2.45) is 0 Å². The van der Waals surface area contributed by atoms with Crippen LogP contribution in [0.25, 0.3) is 0 Å². The van der Waals surface area contributed by atoms with Crippen LogP contribution in [0.4, 0.5) is 0 Å². The van der Waals surface area contributed by atoms with Crippen LogP contribution in [0.2, 0.25) is 0 Å². The van der Waals surface area contributed by atoms with Crippen LogP contribution < -0.4 is 5.32 Å². The van der Waals surface area contributed by atoms with E-state index in [1.54, 1.807) is 48.5 Å². The van der Waals surface area contributed by atoms with Crippen LogP contribution in [0, 0.1) is 0 Å². The molecule has 2 atom stereocenters. The summed E-state index contributed by atoms with van der Waals surface area (Å²) < 4.78 is 5.40. The Morgan fingerprint density at radius 2 is 1.45 bits per heavy atom. The summed E-state index contributed by atoms with van der Waals surface area (Å²) in [5.74, 6) is -2.37. The van der Waals surface area contributed by atoms with Crippen molar-refractivity contribution >= 4 is 23.7 Å². The maximum Gasteiger partial charge on any atom is 0.330 e. The number of hydrogen-bond acceptors (Lipinski definition) is 5. The highest BCUT2D eigenvalue weighted by Crippen LogP contribution is 2.26. The predicted octanol–water partition coefficient (Wildman–Crippen LogP) is 2.74. The van der Waals surface area contributed by atoms with Crippen LogP contribution in [-0.2, 0) is 20.7 Å². The van der Waals surface area contributed by atoms with Crippen LogP contribution in [0.1, 0.15) is 54.0 Å². The van der Waals surface area contributed by atoms with Gasteiger partial charge in [-0.15, -0.1) is 0 Å². The van der Waals surface area contributed by atoms with Crippen molar-refractivity contribution in [3.63, 3.8) is 0 Å². The number of imide groups is 1. The SMILES string of the molecule is C[C@H](OC(=O)[C@H](Cc1ccccc1)N1C(=O)c2ccccc2C1=O)C(=O)NC(C)(C)C. The third-order valence-corrected chi connectivity index (χ3v) is 4.84. The van der Waals surface area contributed by atoms with Gasteiger partial charge in [-0.3, -0.25) is 19.3 Å². The number of carbonyl (C=O) groups is 4. The highest BCUT2D eigenvalue weighted by atomic mass is 16.5. The van der Waals surface area contributed by atoms with E-state index in [4.69, 9.17) is 4.74 Å². The fraction of sp³-hybridized carbons (Fsp3) is 0.333. The minimum atomic E-state index is -1.19. The third kappa shape index (κ3) is 4.99. The molecule has 1 aliphatic heterocycles. The summed E-state index contributed by atoms with van der Waals surface area (Å²) >= 11 is 0. The van der Waals surface area contributed by atoms with Gasteiger partial charge >= 0.3 is 5.97 Å². The van der Waals surface area contributed by atoms with E-state index in [-0.39, 0.29) is 17.5 Å². The average molecular weight is 422 g/mol. The molecule has 1 aliphatic rings. The summed E-state index contributed by atoms with van der Waals surface area (Å²) in [5, 5.41) is 2.75. The predicted molar refractivity (Wildman–Crippen MR) is 114 cm³/mol. The smallest absolute Gasteiger partial charge is 0.330 e. The van der Waals surface area contributed by atoms with Crippen LogP contribution >= 0.6 is 0 Å². The molecule has 0 spiro atoms. The van der Waals surface area contributed by atoms with Crippen molar-refractivity contribution in [2.45, 2.75) is 51.8 Å². The molecule has 3 amide bonds. The Morgan fingerprint density at radius 3 is 1.97 bits per heavy atom. The lowest BCUT2D eigenvalue weighted by Gasteiger charge is -2.27. The summed E-state index contributed by atoms with van der Waals surface area (Å²) in [5.41, 5.74) is 0.755. The number of rotatable bonds is 6. The molecule has 0 saturated carbocycles. The monoisotopic (exact) mass is 422 g/mol. The Bertz CT molecular complexity index is 975. The summed E-state index contributed by atoms with van der Waals surface area (Å²) in [6.45, 7) is 6.91. The highest BCUT2D eigenvalue weighted by Gasteiger charge is 2.44. The highest BCUT2D eigenvalue weighted by molar-refractivity contribution is 6.22. The first-order valence-corrected chi connectivity index (χ1v) is 10.1. The van der Waals surface area contributed by atoms with Crippen molar-refractivity contribution in [2.75, 3.05) is 0 Å². The van der Waals surface area contributed by atoms with Crippen LogP contribution in [-0.4, -0.2) is 46.3 Å². The minimum absolute atomic E-state index is 0.0821. The van der Waals surface area contributed by atoms with Gasteiger partial charge in [0.05, 0.1) is 11.1 Å². The Balaban J connectivity index is 1.87. The van der Waals surface area contributed by atoms with Gasteiger partial charge in [0.1, 0.15) is 6.04 Å². The Hall–Kier alpha value is -3.48. The number of esters is 1. The second-order valence-corrected chi connectivity index (χ2v) is 8.55. The minimum Gasteiger partial charge on any atom is -0.451 e. The number of ether oxygens (including phenoxy) is 1. The van der Waals surface area contributed by atoms with E-state index in [2.05, 4.69) is 5.32 Å². The zero-order valence-corrected chi connectivity index (χ0v) is 18.0. The lowest BCUT2D eigenvalue weighted by Crippen LogP contribution is -2.50. The van der Waals surface area contributed by atoms with Gasteiger partial charge in [0.2, 0.25) is 0 Å². The molecule has 7 heteroatoms. The largest absolute Gasteiger partial charge is 0.451 e. The second-order valence-electron chi connectivity index (χ2n) is 8.55. The quantitative estimate of drug-likeness (QED) is 0.571. The molecule has 0 fully saturated rings. The zero-order valence-electron chi connectivity index (χ0n) is 18.0. The van der Waals surface area contributed by atoms with Gasteiger partial charge in [0.25, 0.3) is 17.7 Å². The van der Waals surface area contributed by atoms with Crippen molar-refractivity contribution in [3.05, 3.63) is 71.3 Å². The first-order chi connectivity index (χ1) is 14.6. The molecule has 1 N–H and O–H groups in total. The first-order valence-electron chi connectivity index (χ1n) is 10.1. The molecule has 0 bridgehead atoms. The van der Waals surface area contributed by atoms with Crippen molar-refractivity contribution in [1.29, 1.82) is 0 Å². The van der Waals surface area contributed by atoms with Gasteiger partial charge in [0, 0.05) is 12.0 Å². The van der Waals surface area contributed by atoms with E-state index in [0.29, 0.717) is 0 Å². The fourth-order valence-corrected chi connectivity index (χ4v) is 3.39. The molecule has 0 aromatic heterocycles. The number of fused-ring (bicyclic) bond motifs is 1. The lowest BCUT2D eigenvalue weighted by atomic mass is 10.0. The Labute approximate surface area is 181 Å². The Morgan fingerprint density at radius 1 is 0.935 bits per heavy atom. The third-order valence-electron chi connectivity index (χ3n) is 4.84. The topological polar surface area (TPSA) is 92.8 Å². The second kappa shape index (κ2) is 8.71. The van der Waals surface area contributed by atoms with Crippen LogP contribution in [0.3, 0.4) is 0 Å². The lowest BCUT2D eigenvalue weighted by molar-refractivity contribution is -0.159. The van der Waals surface area contributed by atoms with Crippen molar-refractivity contribution < 1.29 is 23.9 Å². The van der Waals surface area contributed by atoms with Gasteiger partial charge in [-0.25, -0.2) is 4.79 Å². The molecule has 31 heavy (non-hydrogen) atoms. The summed E-state index contributed by atoms with van der Waals surface area (Å²) in [7, 11) is 0. The summed E-state index contributed by atoms with van der Waals surface area (Å²) in [6.07, 6.45) is -1.00. The molecule has 0 radical (unpaired) electrons. The molecule has 162 valence electrons. The molecule has 0 saturated heterocycles. The molecule has 2 aromatic rings. The van der Waals surface area contributed by atoms with E-state index >= 15 is 0 Å². The number of amides is 3. The number of nitrogens with zero attached hydrogens (tertiary/aromatic N) is 1. The van der Waals surface area contributed by atoms with Crippen molar-refractivity contribution in [1.82, 2.24) is 10.2 Å². The summed E-state index contributed by atoms with van der Waals surface area (Å²) in [4.78, 5) is 52.4. The molecule has 3 rings (SSSR count). The maximum atomic E-state index is 13.1. The molecule has 1 heterocycles. The van der Waals surface area contributed by atoms with Crippen LogP contribution in [0.15, 0.2) is 54.6 Å². The average Bonchev–Trinajstić information content (AvgIpc) is 2.96. The van der Waals surface area contributed by atoms with Crippen LogP contribution in [0.5, 0.6) is 0 Å². The normalized spacial score (nSPS) is 15.3. The van der Waals surface area contributed by atoms with Gasteiger partial charge in [-0.05, 0) is 45.4 Å². The van der Waals surface area contributed by atoms with Gasteiger partial charge in [-0.2, -0.15) is 0 Å².